The number of nitrogens with one attached hydrogen (secondary N) is 1. The molecule has 25 heavy (non-hydrogen) atoms. The average molecular weight is 341 g/mol. The second-order valence-corrected chi connectivity index (χ2v) is 6.81. The van der Waals surface area contributed by atoms with Gasteiger partial charge >= 0.3 is 0 Å². The van der Waals surface area contributed by atoms with Gasteiger partial charge in [0.2, 0.25) is 0 Å². The smallest absolute Gasteiger partial charge is 0.273 e. The van der Waals surface area contributed by atoms with Gasteiger partial charge in [0.15, 0.2) is 5.69 Å². The van der Waals surface area contributed by atoms with Crippen molar-refractivity contribution in [1.29, 1.82) is 0 Å². The van der Waals surface area contributed by atoms with Crippen LogP contribution < -0.4 is 5.32 Å². The molecule has 6 nitrogen and oxygen atoms in total. The van der Waals surface area contributed by atoms with Gasteiger partial charge in [-0.25, -0.2) is 0 Å². The van der Waals surface area contributed by atoms with Crippen molar-refractivity contribution < 1.29 is 14.1 Å². The molecular formula is C19H23N3O3. The minimum Gasteiger partial charge on any atom is -0.374 e. The van der Waals surface area contributed by atoms with Crippen molar-refractivity contribution >= 4 is 5.91 Å². The lowest BCUT2D eigenvalue weighted by atomic mass is 10.2. The maximum atomic E-state index is 12.2. The number of ether oxygens (including phenoxy) is 1. The van der Waals surface area contributed by atoms with Crippen LogP contribution in [0.1, 0.15) is 40.6 Å². The van der Waals surface area contributed by atoms with Gasteiger partial charge in [0.25, 0.3) is 5.91 Å². The topological polar surface area (TPSA) is 67.6 Å². The number of rotatable bonds is 6. The molecule has 1 aromatic heterocycles. The first-order chi connectivity index (χ1) is 12.3. The highest BCUT2D eigenvalue weighted by molar-refractivity contribution is 5.92. The summed E-state index contributed by atoms with van der Waals surface area (Å²) in [6.07, 6.45) is 2.25. The zero-order chi connectivity index (χ0) is 17.1. The van der Waals surface area contributed by atoms with E-state index in [-0.39, 0.29) is 12.0 Å². The van der Waals surface area contributed by atoms with E-state index in [4.69, 9.17) is 9.26 Å². The molecule has 0 radical (unpaired) electrons. The first kappa shape index (κ1) is 16.3. The lowest BCUT2D eigenvalue weighted by Gasteiger charge is -2.33. The van der Waals surface area contributed by atoms with Gasteiger partial charge in [-0.15, -0.1) is 0 Å². The quantitative estimate of drug-likeness (QED) is 0.872. The fourth-order valence-electron chi connectivity index (χ4n) is 3.14. The van der Waals surface area contributed by atoms with Crippen molar-refractivity contribution in [2.45, 2.75) is 31.4 Å². The van der Waals surface area contributed by atoms with Crippen LogP contribution in [0.15, 0.2) is 40.9 Å². The largest absolute Gasteiger partial charge is 0.374 e. The second kappa shape index (κ2) is 7.37. The number of carbonyl (C=O) groups excluding carboxylic acids is 1. The van der Waals surface area contributed by atoms with Crippen LogP contribution in [-0.4, -0.2) is 48.3 Å². The molecule has 0 unspecified atom stereocenters. The SMILES string of the molecule is O=C(NC[C@H]1CN(Cc2ccccc2)CCO1)c1cc(C2CC2)on1. The van der Waals surface area contributed by atoms with Crippen molar-refractivity contribution in [2.75, 3.05) is 26.2 Å². The molecule has 2 aliphatic rings. The molecule has 132 valence electrons. The van der Waals surface area contributed by atoms with Crippen molar-refractivity contribution in [3.8, 4) is 0 Å². The number of nitrogens with zero attached hydrogens (tertiary/aromatic N) is 2. The fraction of sp³-hybridized carbons (Fsp3) is 0.474. The fourth-order valence-corrected chi connectivity index (χ4v) is 3.14. The number of hydrogen-bond acceptors (Lipinski definition) is 5. The van der Waals surface area contributed by atoms with Crippen molar-refractivity contribution in [2.24, 2.45) is 0 Å². The Bertz CT molecular complexity index is 712. The lowest BCUT2D eigenvalue weighted by Crippen LogP contribution is -2.47. The van der Waals surface area contributed by atoms with Crippen molar-refractivity contribution in [1.82, 2.24) is 15.4 Å². The number of benzene rings is 1. The third-order valence-corrected chi connectivity index (χ3v) is 4.70. The Morgan fingerprint density at radius 1 is 1.28 bits per heavy atom. The first-order valence-electron chi connectivity index (χ1n) is 8.90. The molecule has 6 heteroatoms. The molecule has 1 saturated heterocycles. The third-order valence-electron chi connectivity index (χ3n) is 4.70. The van der Waals surface area contributed by atoms with Crippen LogP contribution in [0.25, 0.3) is 0 Å². The number of morpholine rings is 1. The average Bonchev–Trinajstić information content (AvgIpc) is 3.38. The highest BCUT2D eigenvalue weighted by Crippen LogP contribution is 2.40. The predicted molar refractivity (Wildman–Crippen MR) is 92.3 cm³/mol. The molecule has 0 spiro atoms. The molecule has 2 fully saturated rings. The first-order valence-corrected chi connectivity index (χ1v) is 8.90. The molecule has 2 aromatic rings. The predicted octanol–water partition coefficient (Wildman–Crippen LogP) is 2.18. The van der Waals surface area contributed by atoms with Crippen LogP contribution in [0.3, 0.4) is 0 Å². The van der Waals surface area contributed by atoms with E-state index in [1.165, 1.54) is 5.56 Å². The van der Waals surface area contributed by atoms with Gasteiger partial charge < -0.3 is 14.6 Å². The molecule has 1 aliphatic carbocycles. The molecule has 1 N–H and O–H groups in total. The molecule has 1 saturated carbocycles. The van der Waals surface area contributed by atoms with E-state index < -0.39 is 0 Å². The zero-order valence-electron chi connectivity index (χ0n) is 14.2. The normalized spacial score (nSPS) is 21.2. The van der Waals surface area contributed by atoms with Crippen LogP contribution in [0, 0.1) is 0 Å². The molecule has 1 aliphatic heterocycles. The van der Waals surface area contributed by atoms with Gasteiger partial charge in [-0.05, 0) is 18.4 Å². The van der Waals surface area contributed by atoms with Gasteiger partial charge in [-0.2, -0.15) is 0 Å². The van der Waals surface area contributed by atoms with Gasteiger partial charge in [-0.1, -0.05) is 35.5 Å². The van der Waals surface area contributed by atoms with Gasteiger partial charge in [0.1, 0.15) is 5.76 Å². The number of aromatic nitrogens is 1. The summed E-state index contributed by atoms with van der Waals surface area (Å²) in [5, 5.41) is 6.79. The Hall–Kier alpha value is -2.18. The standard InChI is InChI=1S/C19H23N3O3/c23-19(17-10-18(25-21-17)15-6-7-15)20-11-16-13-22(8-9-24-16)12-14-4-2-1-3-5-14/h1-5,10,15-16H,6-9,11-13H2,(H,20,23)/t16-/m0/s1. The zero-order valence-corrected chi connectivity index (χ0v) is 14.2. The third kappa shape index (κ3) is 4.27. The molecule has 1 aromatic carbocycles. The summed E-state index contributed by atoms with van der Waals surface area (Å²) in [5.74, 6) is 1.09. The summed E-state index contributed by atoms with van der Waals surface area (Å²) in [6, 6.07) is 12.2. The Labute approximate surface area is 147 Å². The summed E-state index contributed by atoms with van der Waals surface area (Å²) >= 11 is 0. The Morgan fingerprint density at radius 2 is 2.12 bits per heavy atom. The molecule has 4 rings (SSSR count). The summed E-state index contributed by atoms with van der Waals surface area (Å²) in [7, 11) is 0. The Kier molecular flexibility index (Phi) is 4.81. The molecule has 1 atom stereocenters. The van der Waals surface area contributed by atoms with E-state index in [0.717, 1.165) is 38.2 Å². The summed E-state index contributed by atoms with van der Waals surface area (Å²) in [6.45, 7) is 3.79. The maximum Gasteiger partial charge on any atom is 0.273 e. The molecule has 0 bridgehead atoms. The van der Waals surface area contributed by atoms with Crippen LogP contribution in [0.2, 0.25) is 0 Å². The van der Waals surface area contributed by atoms with Crippen LogP contribution >= 0.6 is 0 Å². The van der Waals surface area contributed by atoms with E-state index in [1.807, 2.05) is 6.07 Å². The van der Waals surface area contributed by atoms with Crippen LogP contribution in [0.5, 0.6) is 0 Å². The lowest BCUT2D eigenvalue weighted by molar-refractivity contribution is -0.0293. The van der Waals surface area contributed by atoms with Gasteiger partial charge in [0.05, 0.1) is 12.7 Å². The summed E-state index contributed by atoms with van der Waals surface area (Å²) < 4.78 is 11.0. The minimum atomic E-state index is -0.195. The molecule has 1 amide bonds. The minimum absolute atomic E-state index is 0.00350. The van der Waals surface area contributed by atoms with Crippen molar-refractivity contribution in [3.05, 3.63) is 53.4 Å². The van der Waals surface area contributed by atoms with E-state index in [9.17, 15) is 4.79 Å². The van der Waals surface area contributed by atoms with Crippen LogP contribution in [-0.2, 0) is 11.3 Å². The number of amides is 1. The van der Waals surface area contributed by atoms with E-state index >= 15 is 0 Å². The molecule has 2 heterocycles. The highest BCUT2D eigenvalue weighted by atomic mass is 16.5. The highest BCUT2D eigenvalue weighted by Gasteiger charge is 2.29. The van der Waals surface area contributed by atoms with E-state index in [2.05, 4.69) is 39.6 Å². The molecular weight excluding hydrogens is 318 g/mol. The summed E-state index contributed by atoms with van der Waals surface area (Å²) in [4.78, 5) is 14.6. The monoisotopic (exact) mass is 341 g/mol. The van der Waals surface area contributed by atoms with Crippen LogP contribution in [0.4, 0.5) is 0 Å². The van der Waals surface area contributed by atoms with Gasteiger partial charge in [0, 0.05) is 38.2 Å². The van der Waals surface area contributed by atoms with Crippen molar-refractivity contribution in [3.63, 3.8) is 0 Å². The summed E-state index contributed by atoms with van der Waals surface area (Å²) in [5.41, 5.74) is 1.65. The maximum absolute atomic E-state index is 12.2. The Morgan fingerprint density at radius 3 is 2.92 bits per heavy atom. The number of hydrogen-bond donors (Lipinski definition) is 1. The van der Waals surface area contributed by atoms with E-state index in [1.54, 1.807) is 6.07 Å². The second-order valence-electron chi connectivity index (χ2n) is 6.81. The van der Waals surface area contributed by atoms with Gasteiger partial charge in [-0.3, -0.25) is 9.69 Å². The Balaban J connectivity index is 1.26. The van der Waals surface area contributed by atoms with E-state index in [0.29, 0.717) is 24.8 Å². The number of carbonyl (C=O) groups is 1.